The van der Waals surface area contributed by atoms with E-state index < -0.39 is 22.8 Å². The van der Waals surface area contributed by atoms with Crippen LogP contribution in [-0.2, 0) is 24.5 Å². The molecule has 1 aliphatic rings. The van der Waals surface area contributed by atoms with Crippen molar-refractivity contribution in [2.45, 2.75) is 11.8 Å². The molecule has 0 radical (unpaired) electrons. The van der Waals surface area contributed by atoms with Crippen molar-refractivity contribution in [1.29, 1.82) is 0 Å². The van der Waals surface area contributed by atoms with Crippen LogP contribution >= 0.6 is 0 Å². The molecule has 1 fully saturated rings. The molecule has 4 nitrogen and oxygen atoms in total. The van der Waals surface area contributed by atoms with Crippen molar-refractivity contribution >= 4 is 11.9 Å². The summed E-state index contributed by atoms with van der Waals surface area (Å²) >= 11 is 0. The van der Waals surface area contributed by atoms with E-state index in [9.17, 15) is 9.59 Å². The van der Waals surface area contributed by atoms with E-state index in [0.29, 0.717) is 6.42 Å². The number of methoxy groups -OCH3 is 2. The number of hydrogen-bond acceptors (Lipinski definition) is 4. The Balaban J connectivity index is 2.24. The van der Waals surface area contributed by atoms with Crippen molar-refractivity contribution in [1.82, 2.24) is 0 Å². The molecular weight excluding hydrogens is 292 g/mol. The summed E-state index contributed by atoms with van der Waals surface area (Å²) in [4.78, 5) is 25.1. The summed E-state index contributed by atoms with van der Waals surface area (Å²) in [7, 11) is 2.60. The third-order valence-corrected chi connectivity index (χ3v) is 4.73. The van der Waals surface area contributed by atoms with Crippen molar-refractivity contribution in [3.05, 3.63) is 71.8 Å². The second kappa shape index (κ2) is 5.54. The molecule has 2 aromatic rings. The number of esters is 2. The first-order valence-electron chi connectivity index (χ1n) is 7.41. The lowest BCUT2D eigenvalue weighted by molar-refractivity contribution is -0.162. The molecule has 0 atom stereocenters. The first-order valence-corrected chi connectivity index (χ1v) is 7.41. The zero-order chi connectivity index (χ0) is 16.5. The van der Waals surface area contributed by atoms with E-state index in [1.807, 2.05) is 60.7 Å². The highest BCUT2D eigenvalue weighted by molar-refractivity contribution is 6.07. The lowest BCUT2D eigenvalue weighted by Gasteiger charge is -2.23. The quantitative estimate of drug-likeness (QED) is 0.643. The topological polar surface area (TPSA) is 52.6 Å². The SMILES string of the molecule is COC(=O)C1(C(=O)OC)CC1(c1ccccc1)c1ccccc1. The second-order valence-electron chi connectivity index (χ2n) is 5.70. The predicted octanol–water partition coefficient (Wildman–Crippen LogP) is 2.71. The molecule has 23 heavy (non-hydrogen) atoms. The average molecular weight is 310 g/mol. The molecule has 0 saturated heterocycles. The Kier molecular flexibility index (Phi) is 3.68. The number of carbonyl (C=O) groups is 2. The van der Waals surface area contributed by atoms with Crippen molar-refractivity contribution in [2.75, 3.05) is 14.2 Å². The number of hydrogen-bond donors (Lipinski definition) is 0. The molecule has 0 aromatic heterocycles. The van der Waals surface area contributed by atoms with Crippen LogP contribution in [-0.4, -0.2) is 26.2 Å². The van der Waals surface area contributed by atoms with Gasteiger partial charge in [-0.15, -0.1) is 0 Å². The Morgan fingerprint density at radius 2 is 1.17 bits per heavy atom. The molecule has 2 aromatic carbocycles. The van der Waals surface area contributed by atoms with E-state index >= 15 is 0 Å². The number of rotatable bonds is 4. The van der Waals surface area contributed by atoms with Gasteiger partial charge in [-0.1, -0.05) is 60.7 Å². The molecular formula is C19H18O4. The maximum Gasteiger partial charge on any atom is 0.324 e. The minimum absolute atomic E-state index is 0.341. The van der Waals surface area contributed by atoms with Gasteiger partial charge in [0.2, 0.25) is 0 Å². The normalized spacial score (nSPS) is 17.1. The maximum atomic E-state index is 12.5. The highest BCUT2D eigenvalue weighted by Crippen LogP contribution is 2.69. The summed E-state index contributed by atoms with van der Waals surface area (Å²) in [6.07, 6.45) is 0.341. The van der Waals surface area contributed by atoms with Gasteiger partial charge in [0.25, 0.3) is 0 Å². The second-order valence-corrected chi connectivity index (χ2v) is 5.70. The number of ether oxygens (including phenoxy) is 2. The highest BCUT2D eigenvalue weighted by atomic mass is 16.5. The zero-order valence-corrected chi connectivity index (χ0v) is 13.1. The van der Waals surface area contributed by atoms with Crippen LogP contribution in [0, 0.1) is 5.41 Å². The van der Waals surface area contributed by atoms with Gasteiger partial charge < -0.3 is 9.47 Å². The molecule has 118 valence electrons. The van der Waals surface area contributed by atoms with Gasteiger partial charge in [-0.3, -0.25) is 9.59 Å². The van der Waals surface area contributed by atoms with Crippen LogP contribution in [0.3, 0.4) is 0 Å². The number of benzene rings is 2. The molecule has 1 saturated carbocycles. The van der Waals surface area contributed by atoms with Gasteiger partial charge in [-0.2, -0.15) is 0 Å². The van der Waals surface area contributed by atoms with Gasteiger partial charge in [0.1, 0.15) is 0 Å². The third kappa shape index (κ3) is 1.98. The minimum atomic E-state index is -1.33. The van der Waals surface area contributed by atoms with E-state index in [-0.39, 0.29) is 0 Å². The predicted molar refractivity (Wildman–Crippen MR) is 84.7 cm³/mol. The van der Waals surface area contributed by atoms with Crippen LogP contribution < -0.4 is 0 Å². The Morgan fingerprint density at radius 3 is 1.52 bits per heavy atom. The van der Waals surface area contributed by atoms with E-state index in [2.05, 4.69) is 0 Å². The van der Waals surface area contributed by atoms with Gasteiger partial charge >= 0.3 is 11.9 Å². The van der Waals surface area contributed by atoms with Crippen LogP contribution in [0.5, 0.6) is 0 Å². The molecule has 0 spiro atoms. The summed E-state index contributed by atoms with van der Waals surface area (Å²) in [6.45, 7) is 0. The van der Waals surface area contributed by atoms with Crippen LogP contribution in [0.2, 0.25) is 0 Å². The summed E-state index contributed by atoms with van der Waals surface area (Å²) in [5.74, 6) is -1.12. The van der Waals surface area contributed by atoms with Gasteiger partial charge in [-0.25, -0.2) is 0 Å². The molecule has 3 rings (SSSR count). The fraction of sp³-hybridized carbons (Fsp3) is 0.263. The summed E-state index contributed by atoms with van der Waals surface area (Å²) in [6, 6.07) is 19.1. The van der Waals surface area contributed by atoms with Crippen LogP contribution in [0.1, 0.15) is 17.5 Å². The molecule has 0 unspecified atom stereocenters. The van der Waals surface area contributed by atoms with Crippen molar-refractivity contribution in [3.8, 4) is 0 Å². The minimum Gasteiger partial charge on any atom is -0.468 e. The summed E-state index contributed by atoms with van der Waals surface area (Å²) < 4.78 is 9.92. The lowest BCUT2D eigenvalue weighted by Crippen LogP contribution is -2.36. The van der Waals surface area contributed by atoms with Crippen molar-refractivity contribution in [3.63, 3.8) is 0 Å². The first kappa shape index (κ1) is 15.3. The van der Waals surface area contributed by atoms with Gasteiger partial charge in [-0.05, 0) is 17.5 Å². The third-order valence-electron chi connectivity index (χ3n) is 4.73. The Bertz CT molecular complexity index is 666. The summed E-state index contributed by atoms with van der Waals surface area (Å²) in [5.41, 5.74) is -0.279. The van der Waals surface area contributed by atoms with Crippen molar-refractivity contribution < 1.29 is 19.1 Å². The smallest absolute Gasteiger partial charge is 0.324 e. The van der Waals surface area contributed by atoms with E-state index in [4.69, 9.17) is 9.47 Å². The molecule has 1 aliphatic carbocycles. The van der Waals surface area contributed by atoms with Gasteiger partial charge in [0.05, 0.1) is 14.2 Å². The highest BCUT2D eigenvalue weighted by Gasteiger charge is 2.79. The van der Waals surface area contributed by atoms with Gasteiger partial charge in [0.15, 0.2) is 5.41 Å². The Morgan fingerprint density at radius 1 is 0.783 bits per heavy atom. The van der Waals surface area contributed by atoms with Crippen LogP contribution in [0.15, 0.2) is 60.7 Å². The molecule has 4 heteroatoms. The maximum absolute atomic E-state index is 12.5. The molecule has 0 amide bonds. The molecule has 0 heterocycles. The largest absolute Gasteiger partial charge is 0.468 e. The van der Waals surface area contributed by atoms with E-state index in [1.54, 1.807) is 0 Å². The van der Waals surface area contributed by atoms with Gasteiger partial charge in [0, 0.05) is 5.41 Å². The fourth-order valence-corrected chi connectivity index (χ4v) is 3.59. The Hall–Kier alpha value is -2.62. The number of carbonyl (C=O) groups excluding carboxylic acids is 2. The van der Waals surface area contributed by atoms with Crippen LogP contribution in [0.25, 0.3) is 0 Å². The van der Waals surface area contributed by atoms with Crippen LogP contribution in [0.4, 0.5) is 0 Å². The monoisotopic (exact) mass is 310 g/mol. The lowest BCUT2D eigenvalue weighted by atomic mass is 9.80. The zero-order valence-electron chi connectivity index (χ0n) is 13.1. The van der Waals surface area contributed by atoms with E-state index in [0.717, 1.165) is 11.1 Å². The molecule has 0 aliphatic heterocycles. The summed E-state index contributed by atoms with van der Waals surface area (Å²) in [5, 5.41) is 0. The fourth-order valence-electron chi connectivity index (χ4n) is 3.59. The standard InChI is InChI=1S/C19H18O4/c1-22-16(20)19(17(21)23-2)13-18(19,14-9-5-3-6-10-14)15-11-7-4-8-12-15/h3-12H,13H2,1-2H3. The Labute approximate surface area is 135 Å². The molecule has 0 bridgehead atoms. The van der Waals surface area contributed by atoms with E-state index in [1.165, 1.54) is 14.2 Å². The van der Waals surface area contributed by atoms with Crippen molar-refractivity contribution in [2.24, 2.45) is 5.41 Å². The first-order chi connectivity index (χ1) is 11.1. The molecule has 0 N–H and O–H groups in total. The average Bonchev–Trinajstić information content (AvgIpc) is 3.34.